The van der Waals surface area contributed by atoms with Crippen LogP contribution in [0.3, 0.4) is 0 Å². The quantitative estimate of drug-likeness (QED) is 0.620. The van der Waals surface area contributed by atoms with Crippen LogP contribution in [0.5, 0.6) is 11.5 Å². The van der Waals surface area contributed by atoms with Crippen molar-refractivity contribution in [2.24, 2.45) is 11.8 Å². The van der Waals surface area contributed by atoms with E-state index in [9.17, 15) is 9.18 Å². The first kappa shape index (κ1) is 16.5. The molecule has 0 heterocycles. The number of hydrogen-bond acceptors (Lipinski definition) is 3. The highest BCUT2D eigenvalue weighted by Crippen LogP contribution is 2.29. The van der Waals surface area contributed by atoms with Gasteiger partial charge >= 0.3 is 5.97 Å². The molecule has 0 radical (unpaired) electrons. The van der Waals surface area contributed by atoms with E-state index in [-0.39, 0.29) is 11.9 Å². The third-order valence-corrected chi connectivity index (χ3v) is 3.63. The Kier molecular flexibility index (Phi) is 7.05. The molecule has 0 atom stereocenters. The number of alkyl halides is 1. The lowest BCUT2D eigenvalue weighted by atomic mass is 9.83. The molecule has 0 spiro atoms. The molecule has 3 nitrogen and oxygen atoms in total. The van der Waals surface area contributed by atoms with Crippen LogP contribution in [0.2, 0.25) is 0 Å². The molecular weight excluding hydrogens is 259 g/mol. The van der Waals surface area contributed by atoms with E-state index >= 15 is 0 Å². The SMILES string of the molecule is CF.COc1ccc(OC(=O)C2CCC(C)CC2)cc1. The van der Waals surface area contributed by atoms with Crippen molar-refractivity contribution in [1.29, 1.82) is 0 Å². The van der Waals surface area contributed by atoms with Crippen LogP contribution in [0, 0.1) is 11.8 Å². The minimum Gasteiger partial charge on any atom is -0.497 e. The van der Waals surface area contributed by atoms with E-state index in [2.05, 4.69) is 6.92 Å². The van der Waals surface area contributed by atoms with E-state index in [4.69, 9.17) is 9.47 Å². The molecule has 0 N–H and O–H groups in total. The van der Waals surface area contributed by atoms with Crippen molar-refractivity contribution in [3.05, 3.63) is 24.3 Å². The third kappa shape index (κ3) is 4.83. The van der Waals surface area contributed by atoms with Crippen LogP contribution in [-0.2, 0) is 4.79 Å². The summed E-state index contributed by atoms with van der Waals surface area (Å²) >= 11 is 0. The van der Waals surface area contributed by atoms with Gasteiger partial charge in [0.1, 0.15) is 11.5 Å². The van der Waals surface area contributed by atoms with Gasteiger partial charge in [0, 0.05) is 0 Å². The average Bonchev–Trinajstić information content (AvgIpc) is 2.50. The molecule has 2 rings (SSSR count). The van der Waals surface area contributed by atoms with Gasteiger partial charge in [0.25, 0.3) is 0 Å². The van der Waals surface area contributed by atoms with E-state index in [1.165, 1.54) is 0 Å². The Labute approximate surface area is 120 Å². The molecule has 0 amide bonds. The molecule has 1 aliphatic rings. The summed E-state index contributed by atoms with van der Waals surface area (Å²) in [6.07, 6.45) is 4.16. The predicted octanol–water partition coefficient (Wildman–Crippen LogP) is 4.01. The van der Waals surface area contributed by atoms with Crippen LogP contribution in [0.25, 0.3) is 0 Å². The Morgan fingerprint density at radius 1 is 1.05 bits per heavy atom. The summed E-state index contributed by atoms with van der Waals surface area (Å²) < 4.78 is 20.0. The van der Waals surface area contributed by atoms with Gasteiger partial charge in [-0.3, -0.25) is 9.18 Å². The maximum absolute atomic E-state index is 12.0. The fraction of sp³-hybridized carbons (Fsp3) is 0.562. The van der Waals surface area contributed by atoms with Crippen molar-refractivity contribution in [2.75, 3.05) is 14.3 Å². The molecule has 0 saturated heterocycles. The summed E-state index contributed by atoms with van der Waals surface area (Å²) in [6.45, 7) is 2.24. The van der Waals surface area contributed by atoms with Crippen molar-refractivity contribution in [3.63, 3.8) is 0 Å². The number of benzene rings is 1. The Morgan fingerprint density at radius 3 is 2.05 bits per heavy atom. The number of hydrogen-bond donors (Lipinski definition) is 0. The molecule has 1 aliphatic carbocycles. The second kappa shape index (κ2) is 8.56. The summed E-state index contributed by atoms with van der Waals surface area (Å²) in [5, 5.41) is 0. The first-order valence-corrected chi connectivity index (χ1v) is 6.92. The number of methoxy groups -OCH3 is 1. The second-order valence-corrected chi connectivity index (χ2v) is 5.05. The topological polar surface area (TPSA) is 35.5 Å². The van der Waals surface area contributed by atoms with E-state index in [1.807, 2.05) is 0 Å². The first-order chi connectivity index (χ1) is 9.69. The number of ether oxygens (including phenoxy) is 2. The van der Waals surface area contributed by atoms with Gasteiger partial charge in [-0.1, -0.05) is 6.92 Å². The first-order valence-electron chi connectivity index (χ1n) is 6.92. The number of carbonyl (C=O) groups is 1. The van der Waals surface area contributed by atoms with Gasteiger partial charge in [-0.15, -0.1) is 0 Å². The van der Waals surface area contributed by atoms with Crippen LogP contribution in [-0.4, -0.2) is 20.3 Å². The molecule has 1 fully saturated rings. The van der Waals surface area contributed by atoms with Crippen LogP contribution in [0.15, 0.2) is 24.3 Å². The number of halogens is 1. The number of esters is 1. The van der Waals surface area contributed by atoms with Gasteiger partial charge in [-0.05, 0) is 55.9 Å². The number of carbonyl (C=O) groups excluding carboxylic acids is 1. The molecule has 4 heteroatoms. The molecule has 20 heavy (non-hydrogen) atoms. The van der Waals surface area contributed by atoms with Gasteiger partial charge in [0.2, 0.25) is 0 Å². The monoisotopic (exact) mass is 282 g/mol. The second-order valence-electron chi connectivity index (χ2n) is 5.05. The lowest BCUT2D eigenvalue weighted by Gasteiger charge is -2.24. The Balaban J connectivity index is 0.000000956. The molecule has 0 bridgehead atoms. The smallest absolute Gasteiger partial charge is 0.314 e. The molecule has 1 aromatic carbocycles. The zero-order chi connectivity index (χ0) is 15.0. The zero-order valence-corrected chi connectivity index (χ0v) is 12.4. The molecule has 0 aliphatic heterocycles. The zero-order valence-electron chi connectivity index (χ0n) is 12.4. The van der Waals surface area contributed by atoms with Crippen LogP contribution in [0.1, 0.15) is 32.6 Å². The van der Waals surface area contributed by atoms with E-state index in [0.717, 1.165) is 37.4 Å². The highest BCUT2D eigenvalue weighted by atomic mass is 19.1. The molecule has 1 aromatic rings. The summed E-state index contributed by atoms with van der Waals surface area (Å²) in [4.78, 5) is 12.0. The third-order valence-electron chi connectivity index (χ3n) is 3.63. The van der Waals surface area contributed by atoms with E-state index < -0.39 is 0 Å². The standard InChI is InChI=1S/C15H20O3.CH3F/c1-11-3-5-12(6-4-11)15(16)18-14-9-7-13(17-2)8-10-14;1-2/h7-12H,3-6H2,1-2H3;1H3. The van der Waals surface area contributed by atoms with Crippen molar-refractivity contribution in [1.82, 2.24) is 0 Å². The van der Waals surface area contributed by atoms with Crippen molar-refractivity contribution >= 4 is 5.97 Å². The van der Waals surface area contributed by atoms with E-state index in [0.29, 0.717) is 12.9 Å². The predicted molar refractivity (Wildman–Crippen MR) is 76.8 cm³/mol. The fourth-order valence-corrected chi connectivity index (χ4v) is 2.34. The minimum atomic E-state index is -0.0907. The molecular formula is C16H23FO3. The minimum absolute atomic E-state index is 0.0725. The highest BCUT2D eigenvalue weighted by molar-refractivity contribution is 5.75. The fourth-order valence-electron chi connectivity index (χ4n) is 2.34. The van der Waals surface area contributed by atoms with Crippen LogP contribution in [0.4, 0.5) is 4.39 Å². The average molecular weight is 282 g/mol. The van der Waals surface area contributed by atoms with Gasteiger partial charge in [-0.2, -0.15) is 0 Å². The lowest BCUT2D eigenvalue weighted by Crippen LogP contribution is -2.24. The summed E-state index contributed by atoms with van der Waals surface area (Å²) in [7, 11) is 2.12. The Hall–Kier alpha value is -1.58. The maximum atomic E-state index is 12.0. The number of rotatable bonds is 3. The van der Waals surface area contributed by atoms with Crippen LogP contribution < -0.4 is 9.47 Å². The van der Waals surface area contributed by atoms with Gasteiger partial charge in [0.05, 0.1) is 20.2 Å². The molecule has 112 valence electrons. The largest absolute Gasteiger partial charge is 0.497 e. The van der Waals surface area contributed by atoms with Crippen molar-refractivity contribution < 1.29 is 18.7 Å². The Bertz CT molecular complexity index is 395. The van der Waals surface area contributed by atoms with Crippen molar-refractivity contribution in [3.8, 4) is 11.5 Å². The van der Waals surface area contributed by atoms with Crippen LogP contribution >= 0.6 is 0 Å². The summed E-state index contributed by atoms with van der Waals surface area (Å²) in [5.74, 6) is 2.09. The highest BCUT2D eigenvalue weighted by Gasteiger charge is 2.25. The van der Waals surface area contributed by atoms with Gasteiger partial charge in [0.15, 0.2) is 0 Å². The van der Waals surface area contributed by atoms with Gasteiger partial charge < -0.3 is 9.47 Å². The molecule has 0 aromatic heterocycles. The van der Waals surface area contributed by atoms with E-state index in [1.54, 1.807) is 31.4 Å². The molecule has 1 saturated carbocycles. The maximum Gasteiger partial charge on any atom is 0.314 e. The normalized spacial score (nSPS) is 21.4. The summed E-state index contributed by atoms with van der Waals surface area (Å²) in [6, 6.07) is 7.13. The molecule has 0 unspecified atom stereocenters. The summed E-state index contributed by atoms with van der Waals surface area (Å²) in [5.41, 5.74) is 0. The Morgan fingerprint density at radius 2 is 1.55 bits per heavy atom. The lowest BCUT2D eigenvalue weighted by molar-refractivity contribution is -0.140. The van der Waals surface area contributed by atoms with Gasteiger partial charge in [-0.25, -0.2) is 0 Å². The van der Waals surface area contributed by atoms with Crippen molar-refractivity contribution in [2.45, 2.75) is 32.6 Å².